The Kier molecular flexibility index (Phi) is 1.83. The molecule has 0 aromatic heterocycles. The van der Waals surface area contributed by atoms with Gasteiger partial charge in [-0.05, 0) is 0 Å². The molecule has 2 N–H and O–H groups in total. The molecule has 4 nitrogen and oxygen atoms in total. The fraction of sp³-hybridized carbons (Fsp3) is 0.167. The highest BCUT2D eigenvalue weighted by Gasteiger charge is 2.36. The van der Waals surface area contributed by atoms with Crippen molar-refractivity contribution in [3.8, 4) is 0 Å². The summed E-state index contributed by atoms with van der Waals surface area (Å²) < 4.78 is 0. The first-order valence-electron chi connectivity index (χ1n) is 5.19. The minimum absolute atomic E-state index is 0.183. The van der Waals surface area contributed by atoms with Gasteiger partial charge in [-0.1, -0.05) is 24.3 Å². The molecule has 80 valence electrons. The number of allylic oxidation sites excluding steroid dienone is 1. The summed E-state index contributed by atoms with van der Waals surface area (Å²) in [4.78, 5) is 24.1. The van der Waals surface area contributed by atoms with Gasteiger partial charge in [0.15, 0.2) is 0 Å². The average molecular weight is 214 g/mol. The molecule has 4 heteroatoms. The summed E-state index contributed by atoms with van der Waals surface area (Å²) in [6.45, 7) is 1.49. The Labute approximate surface area is 92.3 Å². The minimum atomic E-state index is -0.183. The van der Waals surface area contributed by atoms with Crippen LogP contribution in [0, 0.1) is 0 Å². The molecule has 0 amide bonds. The van der Waals surface area contributed by atoms with Crippen LogP contribution >= 0.6 is 0 Å². The second-order valence-corrected chi connectivity index (χ2v) is 3.81. The zero-order chi connectivity index (χ0) is 11.1. The molecule has 0 bridgehead atoms. The highest BCUT2D eigenvalue weighted by molar-refractivity contribution is 6.39. The van der Waals surface area contributed by atoms with Gasteiger partial charge in [-0.25, -0.2) is 0 Å². The van der Waals surface area contributed by atoms with Crippen molar-refractivity contribution in [2.45, 2.75) is 0 Å². The fourth-order valence-corrected chi connectivity index (χ4v) is 2.09. The summed E-state index contributed by atoms with van der Waals surface area (Å²) in [7, 11) is 0. The van der Waals surface area contributed by atoms with Crippen molar-refractivity contribution in [1.29, 1.82) is 0 Å². The van der Waals surface area contributed by atoms with Crippen LogP contribution in [0.1, 0.15) is 20.7 Å². The van der Waals surface area contributed by atoms with Crippen molar-refractivity contribution in [3.63, 3.8) is 0 Å². The molecular formula is C12H10N2O2. The Hall–Kier alpha value is -2.10. The summed E-state index contributed by atoms with van der Waals surface area (Å²) in [6, 6.07) is 6.93. The average Bonchev–Trinajstić information content (AvgIpc) is 2.89. The molecule has 0 radical (unpaired) electrons. The van der Waals surface area contributed by atoms with Gasteiger partial charge in [0, 0.05) is 24.2 Å². The van der Waals surface area contributed by atoms with Crippen LogP contribution in [0.25, 0.3) is 0 Å². The quantitative estimate of drug-likeness (QED) is 0.487. The monoisotopic (exact) mass is 214 g/mol. The van der Waals surface area contributed by atoms with E-state index >= 15 is 0 Å². The number of hydrogen-bond acceptors (Lipinski definition) is 4. The van der Waals surface area contributed by atoms with Gasteiger partial charge in [0.25, 0.3) is 0 Å². The van der Waals surface area contributed by atoms with E-state index in [1.165, 1.54) is 0 Å². The molecule has 1 aromatic carbocycles. The van der Waals surface area contributed by atoms with Crippen molar-refractivity contribution < 1.29 is 9.59 Å². The van der Waals surface area contributed by atoms with E-state index < -0.39 is 0 Å². The number of hydrogen-bond donors (Lipinski definition) is 2. The van der Waals surface area contributed by atoms with E-state index in [2.05, 4.69) is 10.6 Å². The molecule has 1 heterocycles. The SMILES string of the molecule is O=C1C(=C2NCCN2)C(=O)c2ccccc21. The van der Waals surface area contributed by atoms with Crippen molar-refractivity contribution in [2.24, 2.45) is 0 Å². The maximum Gasteiger partial charge on any atom is 0.201 e. The van der Waals surface area contributed by atoms with Crippen LogP contribution < -0.4 is 10.6 Å². The van der Waals surface area contributed by atoms with Crippen LogP contribution in [0.3, 0.4) is 0 Å². The highest BCUT2D eigenvalue weighted by Crippen LogP contribution is 2.27. The Morgan fingerprint density at radius 3 is 1.88 bits per heavy atom. The van der Waals surface area contributed by atoms with Gasteiger partial charge in [0.05, 0.1) is 0 Å². The van der Waals surface area contributed by atoms with Gasteiger partial charge in [-0.3, -0.25) is 9.59 Å². The maximum atomic E-state index is 12.0. The van der Waals surface area contributed by atoms with E-state index in [0.29, 0.717) is 16.9 Å². The molecule has 0 atom stereocenters. The summed E-state index contributed by atoms with van der Waals surface area (Å²) in [5.74, 6) is 0.209. The first kappa shape index (κ1) is 9.15. The second kappa shape index (κ2) is 3.20. The third-order valence-electron chi connectivity index (χ3n) is 2.85. The lowest BCUT2D eigenvalue weighted by molar-refractivity contribution is 0.0986. The summed E-state index contributed by atoms with van der Waals surface area (Å²) >= 11 is 0. The van der Waals surface area contributed by atoms with Gasteiger partial charge in [0.2, 0.25) is 11.6 Å². The number of nitrogens with one attached hydrogen (secondary N) is 2. The maximum absolute atomic E-state index is 12.0. The third-order valence-corrected chi connectivity index (χ3v) is 2.85. The van der Waals surface area contributed by atoms with Crippen molar-refractivity contribution in [3.05, 3.63) is 46.8 Å². The van der Waals surface area contributed by atoms with Gasteiger partial charge in [-0.15, -0.1) is 0 Å². The van der Waals surface area contributed by atoms with E-state index in [4.69, 9.17) is 0 Å². The number of carbonyl (C=O) groups is 2. The van der Waals surface area contributed by atoms with Crippen LogP contribution in [-0.4, -0.2) is 24.7 Å². The molecule has 1 fully saturated rings. The Balaban J connectivity index is 2.18. The number of fused-ring (bicyclic) bond motifs is 1. The first-order valence-corrected chi connectivity index (χ1v) is 5.19. The lowest BCUT2D eigenvalue weighted by atomic mass is 10.1. The van der Waals surface area contributed by atoms with Crippen LogP contribution in [-0.2, 0) is 0 Å². The normalized spacial score (nSPS) is 18.5. The van der Waals surface area contributed by atoms with Crippen LogP contribution in [0.2, 0.25) is 0 Å². The first-order chi connectivity index (χ1) is 7.79. The Morgan fingerprint density at radius 1 is 0.875 bits per heavy atom. The van der Waals surface area contributed by atoms with Crippen molar-refractivity contribution >= 4 is 11.6 Å². The van der Waals surface area contributed by atoms with Crippen LogP contribution in [0.4, 0.5) is 0 Å². The van der Waals surface area contributed by atoms with Gasteiger partial charge < -0.3 is 10.6 Å². The number of carbonyl (C=O) groups excluding carboxylic acids is 2. The largest absolute Gasteiger partial charge is 0.369 e. The molecule has 1 aliphatic heterocycles. The molecule has 1 aliphatic carbocycles. The smallest absolute Gasteiger partial charge is 0.201 e. The van der Waals surface area contributed by atoms with Gasteiger partial charge in [0.1, 0.15) is 11.4 Å². The summed E-state index contributed by atoms with van der Waals surface area (Å²) in [5.41, 5.74) is 1.26. The van der Waals surface area contributed by atoms with Gasteiger partial charge >= 0.3 is 0 Å². The lowest BCUT2D eigenvalue weighted by Gasteiger charge is -2.01. The van der Waals surface area contributed by atoms with Crippen LogP contribution in [0.15, 0.2) is 35.7 Å². The van der Waals surface area contributed by atoms with E-state index in [9.17, 15) is 9.59 Å². The minimum Gasteiger partial charge on any atom is -0.369 e. The lowest BCUT2D eigenvalue weighted by Crippen LogP contribution is -2.19. The second-order valence-electron chi connectivity index (χ2n) is 3.81. The van der Waals surface area contributed by atoms with Crippen molar-refractivity contribution in [1.82, 2.24) is 10.6 Å². The van der Waals surface area contributed by atoms with E-state index in [1.54, 1.807) is 24.3 Å². The molecule has 0 saturated carbocycles. The fourth-order valence-electron chi connectivity index (χ4n) is 2.09. The number of Topliss-reactive ketones (excluding diaryl/α,β-unsaturated/α-hetero) is 2. The Morgan fingerprint density at radius 2 is 1.38 bits per heavy atom. The third kappa shape index (κ3) is 1.10. The van der Waals surface area contributed by atoms with Crippen LogP contribution in [0.5, 0.6) is 0 Å². The zero-order valence-corrected chi connectivity index (χ0v) is 8.54. The number of benzene rings is 1. The topological polar surface area (TPSA) is 58.2 Å². The summed E-state index contributed by atoms with van der Waals surface area (Å²) in [6.07, 6.45) is 0. The molecule has 1 saturated heterocycles. The molecule has 1 aromatic rings. The molecular weight excluding hydrogens is 204 g/mol. The number of ketones is 2. The van der Waals surface area contributed by atoms with E-state index in [1.807, 2.05) is 0 Å². The predicted molar refractivity (Wildman–Crippen MR) is 58.1 cm³/mol. The Bertz CT molecular complexity index is 487. The van der Waals surface area contributed by atoms with E-state index in [0.717, 1.165) is 13.1 Å². The molecule has 0 spiro atoms. The van der Waals surface area contributed by atoms with Crippen molar-refractivity contribution in [2.75, 3.05) is 13.1 Å². The summed E-state index contributed by atoms with van der Waals surface area (Å²) in [5, 5.41) is 6.04. The molecule has 0 unspecified atom stereocenters. The molecule has 3 rings (SSSR count). The standard InChI is InChI=1S/C12H10N2O2/c15-10-7-3-1-2-4-8(7)11(16)9(10)12-13-5-6-14-12/h1-4,13-14H,5-6H2. The zero-order valence-electron chi connectivity index (χ0n) is 8.54. The number of rotatable bonds is 0. The molecule has 16 heavy (non-hydrogen) atoms. The van der Waals surface area contributed by atoms with E-state index in [-0.39, 0.29) is 17.1 Å². The molecule has 2 aliphatic rings. The van der Waals surface area contributed by atoms with Gasteiger partial charge in [-0.2, -0.15) is 0 Å². The highest BCUT2D eigenvalue weighted by atomic mass is 16.2. The predicted octanol–water partition coefficient (Wildman–Crippen LogP) is 0.470.